The van der Waals surface area contributed by atoms with Gasteiger partial charge in [0.05, 0.1) is 12.3 Å². The Morgan fingerprint density at radius 2 is 1.85 bits per heavy atom. The third-order valence-electron chi connectivity index (χ3n) is 4.45. The zero-order chi connectivity index (χ0) is 18.5. The second-order valence-electron chi connectivity index (χ2n) is 6.43. The van der Waals surface area contributed by atoms with Gasteiger partial charge in [0, 0.05) is 43.1 Å². The van der Waals surface area contributed by atoms with Crippen LogP contribution in [0, 0.1) is 5.92 Å². The summed E-state index contributed by atoms with van der Waals surface area (Å²) in [6.07, 6.45) is 0.385. The fourth-order valence-corrected chi connectivity index (χ4v) is 3.92. The van der Waals surface area contributed by atoms with Gasteiger partial charge in [-0.15, -0.1) is 0 Å². The number of nitrogens with one attached hydrogen (secondary N) is 2. The molecule has 2 aliphatic heterocycles. The van der Waals surface area contributed by atoms with Crippen LogP contribution in [0.3, 0.4) is 0 Å². The van der Waals surface area contributed by atoms with Crippen LogP contribution in [0.2, 0.25) is 0 Å². The van der Waals surface area contributed by atoms with E-state index in [2.05, 4.69) is 10.6 Å². The largest absolute Gasteiger partial charge is 0.341 e. The van der Waals surface area contributed by atoms with Crippen LogP contribution in [0.25, 0.3) is 0 Å². The van der Waals surface area contributed by atoms with Crippen LogP contribution in [-0.2, 0) is 25.6 Å². The molecule has 8 heteroatoms. The fraction of sp³-hybridized carbons (Fsp3) is 0.444. The lowest BCUT2D eigenvalue weighted by molar-refractivity contribution is -0.130. The third-order valence-corrected chi connectivity index (χ3v) is 5.40. The first-order chi connectivity index (χ1) is 12.5. The molecule has 0 radical (unpaired) electrons. The highest BCUT2D eigenvalue weighted by Crippen LogP contribution is 2.17. The van der Waals surface area contributed by atoms with E-state index in [1.54, 1.807) is 12.1 Å². The molecule has 3 rings (SSSR count). The second kappa shape index (κ2) is 8.35. The molecule has 1 atom stereocenters. The van der Waals surface area contributed by atoms with Crippen molar-refractivity contribution in [3.63, 3.8) is 0 Å². The van der Waals surface area contributed by atoms with E-state index in [1.807, 2.05) is 28.8 Å². The molecular weight excluding hydrogens is 354 g/mol. The molecule has 4 amide bonds. The first-order valence-corrected chi connectivity index (χ1v) is 9.75. The van der Waals surface area contributed by atoms with E-state index in [0.717, 1.165) is 30.2 Å². The molecule has 0 spiro atoms. The van der Waals surface area contributed by atoms with Crippen molar-refractivity contribution in [1.82, 2.24) is 10.2 Å². The minimum absolute atomic E-state index is 0.0230. The molecule has 7 nitrogen and oxygen atoms in total. The minimum atomic E-state index is -0.595. The molecule has 1 aromatic rings. The van der Waals surface area contributed by atoms with Crippen LogP contribution < -0.4 is 10.6 Å². The number of carbonyl (C=O) groups excluding carboxylic acids is 4. The summed E-state index contributed by atoms with van der Waals surface area (Å²) in [7, 11) is 0. The highest BCUT2D eigenvalue weighted by Gasteiger charge is 2.32. The van der Waals surface area contributed by atoms with E-state index < -0.39 is 11.8 Å². The molecule has 0 aliphatic carbocycles. The maximum absolute atomic E-state index is 12.3. The van der Waals surface area contributed by atoms with Crippen LogP contribution in [0.1, 0.15) is 18.4 Å². The first-order valence-electron chi connectivity index (χ1n) is 8.59. The zero-order valence-electron chi connectivity index (χ0n) is 14.3. The van der Waals surface area contributed by atoms with Crippen LogP contribution in [0.15, 0.2) is 24.3 Å². The highest BCUT2D eigenvalue weighted by molar-refractivity contribution is 7.99. The van der Waals surface area contributed by atoms with Crippen molar-refractivity contribution < 1.29 is 19.2 Å². The number of rotatable bonds is 5. The van der Waals surface area contributed by atoms with Gasteiger partial charge in [0.1, 0.15) is 0 Å². The topological polar surface area (TPSA) is 95.6 Å². The lowest BCUT2D eigenvalue weighted by Gasteiger charge is -2.26. The van der Waals surface area contributed by atoms with Crippen LogP contribution in [-0.4, -0.2) is 53.1 Å². The van der Waals surface area contributed by atoms with Crippen LogP contribution >= 0.6 is 11.8 Å². The molecule has 2 N–H and O–H groups in total. The summed E-state index contributed by atoms with van der Waals surface area (Å²) in [6.45, 7) is 1.60. The molecule has 1 aromatic carbocycles. The Kier molecular flexibility index (Phi) is 5.92. The molecule has 2 saturated heterocycles. The lowest BCUT2D eigenvalue weighted by atomic mass is 10.0. The summed E-state index contributed by atoms with van der Waals surface area (Å²) < 4.78 is 0. The number of nitrogens with zero attached hydrogens (tertiary/aromatic N) is 1. The Bertz CT molecular complexity index is 714. The quantitative estimate of drug-likeness (QED) is 0.742. The number of hydrogen-bond acceptors (Lipinski definition) is 5. The number of amides is 4. The molecule has 1 unspecified atom stereocenters. The average Bonchev–Trinajstić information content (AvgIpc) is 2.94. The van der Waals surface area contributed by atoms with Crippen molar-refractivity contribution in [3.8, 4) is 0 Å². The van der Waals surface area contributed by atoms with Crippen molar-refractivity contribution >= 4 is 41.1 Å². The van der Waals surface area contributed by atoms with E-state index in [-0.39, 0.29) is 30.6 Å². The third kappa shape index (κ3) is 4.85. The summed E-state index contributed by atoms with van der Waals surface area (Å²) in [5.41, 5.74) is 1.50. The Morgan fingerprint density at radius 1 is 1.15 bits per heavy atom. The second-order valence-corrected chi connectivity index (χ2v) is 7.66. The summed E-state index contributed by atoms with van der Waals surface area (Å²) in [6, 6.07) is 7.12. The molecule has 2 aliphatic rings. The van der Waals surface area contributed by atoms with Gasteiger partial charge in [-0.05, 0) is 17.7 Å². The lowest BCUT2D eigenvalue weighted by Crippen LogP contribution is -2.38. The summed E-state index contributed by atoms with van der Waals surface area (Å²) in [5, 5.41) is 4.91. The molecule has 0 bridgehead atoms. The van der Waals surface area contributed by atoms with E-state index >= 15 is 0 Å². The molecule has 0 aromatic heterocycles. The summed E-state index contributed by atoms with van der Waals surface area (Å²) >= 11 is 1.86. The van der Waals surface area contributed by atoms with Crippen LogP contribution in [0.4, 0.5) is 5.69 Å². The van der Waals surface area contributed by atoms with Crippen molar-refractivity contribution in [2.75, 3.05) is 29.9 Å². The van der Waals surface area contributed by atoms with Gasteiger partial charge < -0.3 is 10.2 Å². The molecule has 138 valence electrons. The Morgan fingerprint density at radius 3 is 2.46 bits per heavy atom. The Hall–Kier alpha value is -2.35. The molecular formula is C18H21N3O4S. The van der Waals surface area contributed by atoms with Crippen molar-refractivity contribution in [2.45, 2.75) is 19.3 Å². The summed E-state index contributed by atoms with van der Waals surface area (Å²) in [5.74, 6) is 0.461. The van der Waals surface area contributed by atoms with Gasteiger partial charge in [0.25, 0.3) is 0 Å². The smallest absolute Gasteiger partial charge is 0.230 e. The zero-order valence-corrected chi connectivity index (χ0v) is 15.1. The number of anilines is 1. The standard InChI is InChI=1S/C18H21N3O4S/c22-15(10-13-11-16(23)20-18(13)25)19-14-3-1-12(2-4-14)9-17(24)21-5-7-26-8-6-21/h1-4,13H,5-11H2,(H,19,22)(H,20,23,25). The molecule has 26 heavy (non-hydrogen) atoms. The Balaban J connectivity index is 1.49. The average molecular weight is 375 g/mol. The monoisotopic (exact) mass is 375 g/mol. The SMILES string of the molecule is O=C1CC(CC(=O)Nc2ccc(CC(=O)N3CCSCC3)cc2)C(=O)N1. The van der Waals surface area contributed by atoms with Gasteiger partial charge in [-0.3, -0.25) is 24.5 Å². The molecule has 0 saturated carbocycles. The van der Waals surface area contributed by atoms with E-state index in [4.69, 9.17) is 0 Å². The van der Waals surface area contributed by atoms with Crippen molar-refractivity contribution in [1.29, 1.82) is 0 Å². The maximum Gasteiger partial charge on any atom is 0.230 e. The Labute approximate surface area is 155 Å². The van der Waals surface area contributed by atoms with E-state index in [9.17, 15) is 19.2 Å². The van der Waals surface area contributed by atoms with Crippen LogP contribution in [0.5, 0.6) is 0 Å². The molecule has 2 fully saturated rings. The van der Waals surface area contributed by atoms with Gasteiger partial charge in [-0.25, -0.2) is 0 Å². The van der Waals surface area contributed by atoms with Gasteiger partial charge >= 0.3 is 0 Å². The number of thioether (sulfide) groups is 1. The van der Waals surface area contributed by atoms with E-state index in [1.165, 1.54) is 0 Å². The first kappa shape index (κ1) is 18.4. The summed E-state index contributed by atoms with van der Waals surface area (Å²) in [4.78, 5) is 48.8. The van der Waals surface area contributed by atoms with Gasteiger partial charge in [-0.2, -0.15) is 11.8 Å². The number of imide groups is 1. The number of benzene rings is 1. The van der Waals surface area contributed by atoms with Gasteiger partial charge in [0.2, 0.25) is 23.6 Å². The molecule has 2 heterocycles. The predicted octanol–water partition coefficient (Wildman–Crippen LogP) is 0.796. The van der Waals surface area contributed by atoms with Crippen molar-refractivity contribution in [3.05, 3.63) is 29.8 Å². The predicted molar refractivity (Wildman–Crippen MR) is 98.6 cm³/mol. The normalized spacial score (nSPS) is 20.0. The maximum atomic E-state index is 12.3. The van der Waals surface area contributed by atoms with Gasteiger partial charge in [0.15, 0.2) is 0 Å². The highest BCUT2D eigenvalue weighted by atomic mass is 32.2. The number of hydrogen-bond donors (Lipinski definition) is 2. The van der Waals surface area contributed by atoms with Crippen molar-refractivity contribution in [2.24, 2.45) is 5.92 Å². The number of carbonyl (C=O) groups is 4. The van der Waals surface area contributed by atoms with E-state index in [0.29, 0.717) is 12.1 Å². The van der Waals surface area contributed by atoms with Gasteiger partial charge in [-0.1, -0.05) is 12.1 Å². The fourth-order valence-electron chi connectivity index (χ4n) is 3.01. The minimum Gasteiger partial charge on any atom is -0.341 e.